The van der Waals surface area contributed by atoms with Gasteiger partial charge in [0.05, 0.1) is 24.6 Å². The minimum Gasteiger partial charge on any atom is -0.492 e. The maximum Gasteiger partial charge on any atom is 0.226 e. The molecule has 5 heteroatoms. The zero-order valence-corrected chi connectivity index (χ0v) is 14.7. The first-order chi connectivity index (χ1) is 12.6. The summed E-state index contributed by atoms with van der Waals surface area (Å²) in [5.41, 5.74) is 8.65. The highest BCUT2D eigenvalue weighted by atomic mass is 19.1. The van der Waals surface area contributed by atoms with Gasteiger partial charge >= 0.3 is 0 Å². The van der Waals surface area contributed by atoms with E-state index in [2.05, 4.69) is 0 Å². The molecular weight excluding hydrogens is 331 g/mol. The van der Waals surface area contributed by atoms with Crippen LogP contribution in [0.5, 0.6) is 5.75 Å². The first kappa shape index (κ1) is 17.0. The summed E-state index contributed by atoms with van der Waals surface area (Å²) in [6.45, 7) is 0.968. The number of rotatable bonds is 0. The van der Waals surface area contributed by atoms with Crippen molar-refractivity contribution in [3.8, 4) is 16.9 Å². The van der Waals surface area contributed by atoms with Gasteiger partial charge in [0.1, 0.15) is 11.6 Å². The van der Waals surface area contributed by atoms with E-state index in [1.165, 1.54) is 6.07 Å². The van der Waals surface area contributed by atoms with Crippen LogP contribution < -0.4 is 10.5 Å². The Labute approximate surface area is 152 Å². The second-order valence-electron chi connectivity index (χ2n) is 7.08. The second kappa shape index (κ2) is 7.08. The molecule has 1 amide bonds. The number of hydrogen-bond acceptors (Lipinski definition) is 3. The van der Waals surface area contributed by atoms with E-state index in [9.17, 15) is 9.18 Å². The van der Waals surface area contributed by atoms with Gasteiger partial charge in [0.15, 0.2) is 0 Å². The molecule has 1 fully saturated rings. The summed E-state index contributed by atoms with van der Waals surface area (Å²) in [7, 11) is 0. The Hall–Kier alpha value is -2.40. The lowest BCUT2D eigenvalue weighted by Crippen LogP contribution is -2.55. The van der Waals surface area contributed by atoms with Crippen LogP contribution >= 0.6 is 0 Å². The third-order valence-corrected chi connectivity index (χ3v) is 5.36. The molecule has 4 nitrogen and oxygen atoms in total. The Balaban J connectivity index is 1.79. The zero-order chi connectivity index (χ0) is 18.1. The van der Waals surface area contributed by atoms with Crippen molar-refractivity contribution in [3.05, 3.63) is 53.8 Å². The predicted octanol–water partition coefficient (Wildman–Crippen LogP) is 3.14. The molecule has 2 bridgehead atoms. The van der Waals surface area contributed by atoms with E-state index < -0.39 is 0 Å². The van der Waals surface area contributed by atoms with E-state index in [1.807, 2.05) is 29.2 Å². The van der Waals surface area contributed by atoms with Gasteiger partial charge in [-0.05, 0) is 42.5 Å². The summed E-state index contributed by atoms with van der Waals surface area (Å²) in [6, 6.07) is 12.6. The third-order valence-electron chi connectivity index (χ3n) is 5.36. The number of halogens is 1. The lowest BCUT2D eigenvalue weighted by atomic mass is 9.90. The molecule has 2 aromatic rings. The summed E-state index contributed by atoms with van der Waals surface area (Å²) in [6.07, 6.45) is 2.80. The number of nitrogens with two attached hydrogens (primary N) is 1. The van der Waals surface area contributed by atoms with Crippen molar-refractivity contribution in [3.63, 3.8) is 0 Å². The molecule has 2 N–H and O–H groups in total. The Morgan fingerprint density at radius 3 is 2.92 bits per heavy atom. The number of carbonyl (C=O) groups is 1. The summed E-state index contributed by atoms with van der Waals surface area (Å²) in [5.74, 6) is 0.210. The van der Waals surface area contributed by atoms with E-state index >= 15 is 0 Å². The molecule has 2 aliphatic rings. The number of carbonyl (C=O) groups excluding carboxylic acids is 1. The van der Waals surface area contributed by atoms with Gasteiger partial charge in [0.2, 0.25) is 5.91 Å². The quantitative estimate of drug-likeness (QED) is 0.791. The normalized spacial score (nSPS) is 23.2. The van der Waals surface area contributed by atoms with E-state index in [1.54, 1.807) is 12.1 Å². The van der Waals surface area contributed by atoms with Gasteiger partial charge < -0.3 is 15.4 Å². The number of fused-ring (bicyclic) bond motifs is 5. The zero-order valence-electron chi connectivity index (χ0n) is 14.7. The van der Waals surface area contributed by atoms with Gasteiger partial charge in [-0.3, -0.25) is 4.79 Å². The van der Waals surface area contributed by atoms with Crippen LogP contribution in [-0.2, 0) is 11.2 Å². The fourth-order valence-corrected chi connectivity index (χ4v) is 4.05. The van der Waals surface area contributed by atoms with Crippen molar-refractivity contribution in [1.29, 1.82) is 0 Å². The third kappa shape index (κ3) is 3.19. The minimum absolute atomic E-state index is 0.0222. The molecule has 0 saturated carbocycles. The molecular formula is C21H23FN2O2. The van der Waals surface area contributed by atoms with Gasteiger partial charge in [-0.15, -0.1) is 0 Å². The molecule has 2 atom stereocenters. The lowest BCUT2D eigenvalue weighted by molar-refractivity contribution is -0.135. The number of amides is 1. The average Bonchev–Trinajstić information content (AvgIpc) is 2.63. The molecule has 1 saturated heterocycles. The van der Waals surface area contributed by atoms with Gasteiger partial charge in [-0.1, -0.05) is 30.3 Å². The van der Waals surface area contributed by atoms with Crippen molar-refractivity contribution in [2.45, 2.75) is 37.8 Å². The van der Waals surface area contributed by atoms with Crippen molar-refractivity contribution in [2.24, 2.45) is 5.73 Å². The van der Waals surface area contributed by atoms with Gasteiger partial charge in [0, 0.05) is 12.6 Å². The van der Waals surface area contributed by atoms with Crippen molar-refractivity contribution in [2.75, 3.05) is 13.2 Å². The topological polar surface area (TPSA) is 55.6 Å². The van der Waals surface area contributed by atoms with Crippen LogP contribution in [0.2, 0.25) is 0 Å². The van der Waals surface area contributed by atoms with E-state index in [4.69, 9.17) is 10.5 Å². The smallest absolute Gasteiger partial charge is 0.226 e. The van der Waals surface area contributed by atoms with Gasteiger partial charge in [-0.2, -0.15) is 0 Å². The number of ether oxygens (including phenoxy) is 1. The van der Waals surface area contributed by atoms with Crippen LogP contribution in [0.3, 0.4) is 0 Å². The molecule has 0 aliphatic carbocycles. The van der Waals surface area contributed by atoms with Crippen molar-refractivity contribution in [1.82, 2.24) is 4.90 Å². The number of piperidine rings is 1. The maximum absolute atomic E-state index is 14.5. The number of hydrogen-bond donors (Lipinski definition) is 1. The van der Waals surface area contributed by atoms with E-state index in [0.29, 0.717) is 17.7 Å². The highest BCUT2D eigenvalue weighted by Gasteiger charge is 2.32. The summed E-state index contributed by atoms with van der Waals surface area (Å²) in [4.78, 5) is 14.6. The standard InChI is InChI=1S/C21H23FN2O2/c22-16-6-2-8-19-21(16)15-5-1-4-14(12-15)13-18-17(23)7-3-10-24(18)20(25)9-11-26-19/h1-2,4-6,8,12,17-18H,3,7,9-11,13,23H2/t17-,18-/m0/s1. The molecule has 2 heterocycles. The fourth-order valence-electron chi connectivity index (χ4n) is 4.05. The lowest BCUT2D eigenvalue weighted by Gasteiger charge is -2.40. The molecule has 26 heavy (non-hydrogen) atoms. The largest absolute Gasteiger partial charge is 0.492 e. The van der Waals surface area contributed by atoms with E-state index in [-0.39, 0.29) is 36.8 Å². The van der Waals surface area contributed by atoms with Crippen molar-refractivity contribution >= 4 is 5.91 Å². The Morgan fingerprint density at radius 2 is 2.04 bits per heavy atom. The predicted molar refractivity (Wildman–Crippen MR) is 98.4 cm³/mol. The molecule has 0 aromatic heterocycles. The Morgan fingerprint density at radius 1 is 1.19 bits per heavy atom. The molecule has 136 valence electrons. The first-order valence-electron chi connectivity index (χ1n) is 9.19. The summed E-state index contributed by atoms with van der Waals surface area (Å²) < 4.78 is 20.3. The van der Waals surface area contributed by atoms with Crippen LogP contribution in [0.1, 0.15) is 24.8 Å². The van der Waals surface area contributed by atoms with E-state index in [0.717, 1.165) is 30.5 Å². The molecule has 0 radical (unpaired) electrons. The highest BCUT2D eigenvalue weighted by molar-refractivity contribution is 5.77. The summed E-state index contributed by atoms with van der Waals surface area (Å²) in [5, 5.41) is 0. The van der Waals surface area contributed by atoms with Crippen LogP contribution in [0.25, 0.3) is 11.1 Å². The first-order valence-corrected chi connectivity index (χ1v) is 9.19. The van der Waals surface area contributed by atoms with Gasteiger partial charge in [-0.25, -0.2) is 4.39 Å². The average molecular weight is 354 g/mol. The molecule has 0 spiro atoms. The molecule has 2 aliphatic heterocycles. The SMILES string of the molecule is N[C@H]1CCCN2C(=O)CCOc3cccc(F)c3-c3cccc(c3)C[C@@H]12. The van der Waals surface area contributed by atoms with Crippen LogP contribution in [-0.4, -0.2) is 36.0 Å². The monoisotopic (exact) mass is 354 g/mol. The summed E-state index contributed by atoms with van der Waals surface area (Å²) >= 11 is 0. The maximum atomic E-state index is 14.5. The van der Waals surface area contributed by atoms with Crippen LogP contribution in [0.4, 0.5) is 4.39 Å². The molecule has 4 rings (SSSR count). The second-order valence-corrected chi connectivity index (χ2v) is 7.08. The van der Waals surface area contributed by atoms with Crippen LogP contribution in [0, 0.1) is 5.82 Å². The van der Waals surface area contributed by atoms with Crippen molar-refractivity contribution < 1.29 is 13.9 Å². The number of benzene rings is 2. The minimum atomic E-state index is -0.320. The van der Waals surface area contributed by atoms with Crippen LogP contribution in [0.15, 0.2) is 42.5 Å². The Kier molecular flexibility index (Phi) is 4.64. The number of nitrogens with zero attached hydrogens (tertiary/aromatic N) is 1. The fraction of sp³-hybridized carbons (Fsp3) is 0.381. The highest BCUT2D eigenvalue weighted by Crippen LogP contribution is 2.34. The Bertz CT molecular complexity index is 823. The molecule has 0 unspecified atom stereocenters. The molecule has 2 aromatic carbocycles. The van der Waals surface area contributed by atoms with Gasteiger partial charge in [0.25, 0.3) is 0 Å².